The van der Waals surface area contributed by atoms with Crippen molar-refractivity contribution in [2.24, 2.45) is 0 Å². The van der Waals surface area contributed by atoms with Crippen molar-refractivity contribution in [3.63, 3.8) is 0 Å². The molecule has 4 heteroatoms. The summed E-state index contributed by atoms with van der Waals surface area (Å²) in [6.45, 7) is 6.84. The lowest BCUT2D eigenvalue weighted by atomic mass is 9.87. The fourth-order valence-corrected chi connectivity index (χ4v) is 4.76. The van der Waals surface area contributed by atoms with Gasteiger partial charge >= 0.3 is 0 Å². The predicted molar refractivity (Wildman–Crippen MR) is 126 cm³/mol. The van der Waals surface area contributed by atoms with Gasteiger partial charge in [0.1, 0.15) is 0 Å². The van der Waals surface area contributed by atoms with Crippen LogP contribution in [0.5, 0.6) is 0 Å². The molecular weight excluding hydrogens is 392 g/mol. The van der Waals surface area contributed by atoms with Crippen molar-refractivity contribution >= 4 is 28.9 Å². The summed E-state index contributed by atoms with van der Waals surface area (Å²) in [6.07, 6.45) is 0.876. The molecule has 4 rings (SSSR count). The van der Waals surface area contributed by atoms with Gasteiger partial charge in [0.2, 0.25) is 5.91 Å². The number of carbonyl (C=O) groups is 1. The third kappa shape index (κ3) is 3.82. The van der Waals surface area contributed by atoms with E-state index >= 15 is 0 Å². The van der Waals surface area contributed by atoms with E-state index in [9.17, 15) is 4.79 Å². The summed E-state index contributed by atoms with van der Waals surface area (Å²) in [4.78, 5) is 16.8. The Hall–Kier alpha value is -2.78. The Morgan fingerprint density at radius 1 is 1.03 bits per heavy atom. The molecule has 30 heavy (non-hydrogen) atoms. The minimum Gasteiger partial charge on any atom is -0.365 e. The number of rotatable bonds is 4. The van der Waals surface area contributed by atoms with Crippen molar-refractivity contribution in [3.05, 3.63) is 83.4 Å². The van der Waals surface area contributed by atoms with E-state index in [-0.39, 0.29) is 18.0 Å². The zero-order valence-electron chi connectivity index (χ0n) is 17.7. The quantitative estimate of drug-likeness (QED) is 0.469. The highest BCUT2D eigenvalue weighted by atomic mass is 35.5. The van der Waals surface area contributed by atoms with Crippen LogP contribution in [0.15, 0.2) is 72.8 Å². The molecule has 3 aromatic rings. The van der Waals surface area contributed by atoms with Gasteiger partial charge in [-0.25, -0.2) is 0 Å². The molecular formula is C26H27ClN2O. The number of halogens is 1. The van der Waals surface area contributed by atoms with E-state index in [1.54, 1.807) is 6.92 Å². The Balaban J connectivity index is 1.85. The minimum absolute atomic E-state index is 0.0872. The molecule has 0 aromatic heterocycles. The van der Waals surface area contributed by atoms with E-state index in [2.05, 4.69) is 73.3 Å². The van der Waals surface area contributed by atoms with Gasteiger partial charge in [-0.15, -0.1) is 0 Å². The Bertz CT molecular complexity index is 1030. The van der Waals surface area contributed by atoms with E-state index in [4.69, 9.17) is 11.6 Å². The molecule has 0 saturated heterocycles. The van der Waals surface area contributed by atoms with Gasteiger partial charge in [0.15, 0.2) is 0 Å². The first kappa shape index (κ1) is 20.5. The largest absolute Gasteiger partial charge is 0.365 e. The number of anilines is 2. The van der Waals surface area contributed by atoms with E-state index in [0.29, 0.717) is 0 Å². The maximum Gasteiger partial charge on any atom is 0.224 e. The number of nitrogens with zero attached hydrogens (tertiary/aromatic N) is 2. The summed E-state index contributed by atoms with van der Waals surface area (Å²) in [7, 11) is 0. The average Bonchev–Trinajstić information content (AvgIpc) is 2.75. The minimum atomic E-state index is 0.0872. The van der Waals surface area contributed by atoms with Crippen molar-refractivity contribution in [2.75, 3.05) is 16.3 Å². The number of carbonyl (C=O) groups excluding carboxylic acids is 1. The highest BCUT2D eigenvalue weighted by Gasteiger charge is 2.35. The van der Waals surface area contributed by atoms with Crippen molar-refractivity contribution in [3.8, 4) is 11.1 Å². The normalized spacial score (nSPS) is 18.1. The second kappa shape index (κ2) is 8.53. The van der Waals surface area contributed by atoms with Gasteiger partial charge in [-0.05, 0) is 73.4 Å². The lowest BCUT2D eigenvalue weighted by Gasteiger charge is -2.44. The molecule has 1 aliphatic heterocycles. The second-order valence-electron chi connectivity index (χ2n) is 7.89. The molecule has 0 N–H and O–H groups in total. The van der Waals surface area contributed by atoms with Crippen molar-refractivity contribution < 1.29 is 4.79 Å². The van der Waals surface area contributed by atoms with Crippen molar-refractivity contribution in [1.29, 1.82) is 0 Å². The number of hydrogen-bond donors (Lipinski definition) is 0. The van der Waals surface area contributed by atoms with Gasteiger partial charge in [0, 0.05) is 35.9 Å². The van der Waals surface area contributed by atoms with Crippen LogP contribution in [0.25, 0.3) is 11.1 Å². The topological polar surface area (TPSA) is 23.6 Å². The molecule has 3 nitrogen and oxygen atoms in total. The van der Waals surface area contributed by atoms with Crippen LogP contribution in [0.2, 0.25) is 5.02 Å². The maximum atomic E-state index is 12.5. The highest BCUT2D eigenvalue weighted by molar-refractivity contribution is 6.30. The third-order valence-electron chi connectivity index (χ3n) is 5.97. The molecule has 1 amide bonds. The van der Waals surface area contributed by atoms with E-state index in [0.717, 1.165) is 29.4 Å². The zero-order chi connectivity index (χ0) is 21.3. The van der Waals surface area contributed by atoms with Gasteiger partial charge < -0.3 is 9.80 Å². The molecule has 0 bridgehead atoms. The Labute approximate surface area is 183 Å². The molecule has 1 aliphatic rings. The van der Waals surface area contributed by atoms with E-state index in [1.807, 2.05) is 23.1 Å². The SMILES string of the molecule is CCN(c1ccc(Cl)cc1)[C@H]1C[C@@H](C)N(C(C)=O)c2ccc(-c3ccccc3)cc21. The molecule has 0 saturated carbocycles. The third-order valence-corrected chi connectivity index (χ3v) is 6.22. The summed E-state index contributed by atoms with van der Waals surface area (Å²) < 4.78 is 0. The Morgan fingerprint density at radius 2 is 1.73 bits per heavy atom. The van der Waals surface area contributed by atoms with Crippen molar-refractivity contribution in [1.82, 2.24) is 0 Å². The molecule has 154 valence electrons. The summed E-state index contributed by atoms with van der Waals surface area (Å²) in [5.74, 6) is 0.0872. The first-order chi connectivity index (χ1) is 14.5. The fraction of sp³-hybridized carbons (Fsp3) is 0.269. The molecule has 3 aromatic carbocycles. The van der Waals surface area contributed by atoms with Crippen LogP contribution >= 0.6 is 11.6 Å². The highest BCUT2D eigenvalue weighted by Crippen LogP contribution is 2.43. The Kier molecular flexibility index (Phi) is 5.83. The number of benzene rings is 3. The second-order valence-corrected chi connectivity index (χ2v) is 8.33. The molecule has 0 aliphatic carbocycles. The Morgan fingerprint density at radius 3 is 2.37 bits per heavy atom. The van der Waals surface area contributed by atoms with Crippen LogP contribution in [0.1, 0.15) is 38.8 Å². The van der Waals surface area contributed by atoms with Gasteiger partial charge in [-0.2, -0.15) is 0 Å². The van der Waals surface area contributed by atoms with Gasteiger partial charge in [-0.3, -0.25) is 4.79 Å². The molecule has 0 spiro atoms. The first-order valence-corrected chi connectivity index (χ1v) is 10.9. The summed E-state index contributed by atoms with van der Waals surface area (Å²) in [5, 5.41) is 0.737. The van der Waals surface area contributed by atoms with Crippen LogP contribution in [0, 0.1) is 0 Å². The monoisotopic (exact) mass is 418 g/mol. The lowest BCUT2D eigenvalue weighted by Crippen LogP contribution is -2.45. The molecule has 0 fully saturated rings. The van der Waals surface area contributed by atoms with E-state index in [1.165, 1.54) is 16.7 Å². The first-order valence-electron chi connectivity index (χ1n) is 10.5. The zero-order valence-corrected chi connectivity index (χ0v) is 18.4. The smallest absolute Gasteiger partial charge is 0.224 e. The van der Waals surface area contributed by atoms with Gasteiger partial charge in [-0.1, -0.05) is 48.0 Å². The molecule has 0 radical (unpaired) electrons. The van der Waals surface area contributed by atoms with Crippen LogP contribution in [0.3, 0.4) is 0 Å². The average molecular weight is 419 g/mol. The van der Waals surface area contributed by atoms with Gasteiger partial charge in [0.25, 0.3) is 0 Å². The lowest BCUT2D eigenvalue weighted by molar-refractivity contribution is -0.117. The number of fused-ring (bicyclic) bond motifs is 1. The summed E-state index contributed by atoms with van der Waals surface area (Å²) in [5.41, 5.74) is 5.71. The number of amides is 1. The van der Waals surface area contributed by atoms with Crippen molar-refractivity contribution in [2.45, 2.75) is 39.3 Å². The molecule has 2 atom stereocenters. The molecule has 0 unspecified atom stereocenters. The maximum absolute atomic E-state index is 12.5. The van der Waals surface area contributed by atoms with Crippen LogP contribution in [0.4, 0.5) is 11.4 Å². The van der Waals surface area contributed by atoms with Gasteiger partial charge in [0.05, 0.1) is 6.04 Å². The van der Waals surface area contributed by atoms with Crippen LogP contribution in [-0.4, -0.2) is 18.5 Å². The summed E-state index contributed by atoms with van der Waals surface area (Å²) in [6, 6.07) is 25.2. The van der Waals surface area contributed by atoms with Crippen LogP contribution < -0.4 is 9.80 Å². The van der Waals surface area contributed by atoms with E-state index < -0.39 is 0 Å². The van der Waals surface area contributed by atoms with Crippen LogP contribution in [-0.2, 0) is 4.79 Å². The summed E-state index contributed by atoms with van der Waals surface area (Å²) >= 11 is 6.13. The standard InChI is InChI=1S/C26H27ClN2O/c1-4-28(23-13-11-22(27)12-14-23)26-16-18(2)29(19(3)30)25-15-10-21(17-24(25)26)20-8-6-5-7-9-20/h5-15,17-18,26H,4,16H2,1-3H3/t18-,26+/m1/s1. The number of hydrogen-bond acceptors (Lipinski definition) is 2. The molecule has 1 heterocycles. The fourth-order valence-electron chi connectivity index (χ4n) is 4.63. The predicted octanol–water partition coefficient (Wildman–Crippen LogP) is 6.72.